The molecule has 0 spiro atoms. The van der Waals surface area contributed by atoms with Crippen LogP contribution in [0, 0.1) is 6.92 Å². The van der Waals surface area contributed by atoms with E-state index in [-0.39, 0.29) is 11.3 Å². The standard InChI is InChI=1S/C23H26N2O4/c1-15-8-10-16(11-9-15)21(26)19-20(17-6-5-7-18(14-17)29-4)25(13-12-24(2)3)23(28)22(19)27/h5-11,14,20,26H,12-13H2,1-4H3/p+1/t20-/m1/s1. The number of aliphatic hydroxyl groups excluding tert-OH is 1. The van der Waals surface area contributed by atoms with E-state index in [9.17, 15) is 14.7 Å². The van der Waals surface area contributed by atoms with Crippen LogP contribution in [0.3, 0.4) is 0 Å². The first-order valence-electron chi connectivity index (χ1n) is 9.62. The Morgan fingerprint density at radius 1 is 1.14 bits per heavy atom. The number of benzene rings is 2. The number of quaternary nitrogens is 1. The topological polar surface area (TPSA) is 71.3 Å². The van der Waals surface area contributed by atoms with E-state index in [2.05, 4.69) is 0 Å². The number of amides is 1. The van der Waals surface area contributed by atoms with Crippen molar-refractivity contribution in [3.63, 3.8) is 0 Å². The molecule has 0 bridgehead atoms. The molecule has 2 N–H and O–H groups in total. The zero-order valence-corrected chi connectivity index (χ0v) is 17.2. The summed E-state index contributed by atoms with van der Waals surface area (Å²) < 4.78 is 5.32. The minimum atomic E-state index is -0.662. The molecule has 0 aromatic heterocycles. The summed E-state index contributed by atoms with van der Waals surface area (Å²) >= 11 is 0. The summed E-state index contributed by atoms with van der Waals surface area (Å²) in [7, 11) is 5.55. The molecule has 152 valence electrons. The Morgan fingerprint density at radius 2 is 1.83 bits per heavy atom. The van der Waals surface area contributed by atoms with Gasteiger partial charge in [0.1, 0.15) is 11.5 Å². The van der Waals surface area contributed by atoms with Gasteiger partial charge in [-0.25, -0.2) is 0 Å². The highest BCUT2D eigenvalue weighted by molar-refractivity contribution is 6.46. The van der Waals surface area contributed by atoms with Crippen molar-refractivity contribution >= 4 is 17.4 Å². The van der Waals surface area contributed by atoms with Crippen molar-refractivity contribution in [2.45, 2.75) is 13.0 Å². The number of nitrogens with one attached hydrogen (secondary N) is 1. The number of Topliss-reactive ketones (excluding diaryl/α,β-unsaturated/α-hetero) is 1. The zero-order valence-electron chi connectivity index (χ0n) is 17.2. The number of likely N-dealkylation sites (tertiary alicyclic amines) is 1. The predicted octanol–water partition coefficient (Wildman–Crippen LogP) is 1.57. The highest BCUT2D eigenvalue weighted by Crippen LogP contribution is 2.39. The number of carbonyl (C=O) groups excluding carboxylic acids is 2. The number of aryl methyl sites for hydroxylation is 1. The maximum absolute atomic E-state index is 12.9. The molecule has 1 fully saturated rings. The summed E-state index contributed by atoms with van der Waals surface area (Å²) in [5.74, 6) is -0.782. The molecule has 3 rings (SSSR count). The van der Waals surface area contributed by atoms with Gasteiger partial charge in [0.2, 0.25) is 0 Å². The largest absolute Gasteiger partial charge is 0.507 e. The van der Waals surface area contributed by atoms with Gasteiger partial charge >= 0.3 is 0 Å². The van der Waals surface area contributed by atoms with Gasteiger partial charge < -0.3 is 19.6 Å². The number of carbonyl (C=O) groups is 2. The Morgan fingerprint density at radius 3 is 2.45 bits per heavy atom. The maximum atomic E-state index is 12.9. The van der Waals surface area contributed by atoms with Gasteiger partial charge in [0.05, 0.1) is 45.9 Å². The Hall–Kier alpha value is -3.12. The summed E-state index contributed by atoms with van der Waals surface area (Å²) in [5, 5.41) is 11.0. The van der Waals surface area contributed by atoms with Crippen molar-refractivity contribution in [2.24, 2.45) is 0 Å². The fourth-order valence-electron chi connectivity index (χ4n) is 3.48. The third-order valence-corrected chi connectivity index (χ3v) is 5.13. The summed E-state index contributed by atoms with van der Waals surface area (Å²) in [6.07, 6.45) is 0. The van der Waals surface area contributed by atoms with E-state index in [0.29, 0.717) is 24.4 Å². The first kappa shape index (κ1) is 20.6. The van der Waals surface area contributed by atoms with Crippen molar-refractivity contribution in [3.05, 3.63) is 70.8 Å². The SMILES string of the molecule is COc1cccc([C@@H]2C(=C(O)c3ccc(C)cc3)C(=O)C(=O)N2CC[NH+](C)C)c1. The van der Waals surface area contributed by atoms with Crippen LogP contribution < -0.4 is 9.64 Å². The van der Waals surface area contributed by atoms with Gasteiger partial charge in [-0.2, -0.15) is 0 Å². The quantitative estimate of drug-likeness (QED) is 0.443. The Balaban J connectivity index is 2.15. The molecule has 0 radical (unpaired) electrons. The maximum Gasteiger partial charge on any atom is 0.295 e. The van der Waals surface area contributed by atoms with E-state index in [4.69, 9.17) is 4.74 Å². The van der Waals surface area contributed by atoms with Gasteiger partial charge in [0.25, 0.3) is 11.7 Å². The van der Waals surface area contributed by atoms with E-state index >= 15 is 0 Å². The monoisotopic (exact) mass is 395 g/mol. The lowest BCUT2D eigenvalue weighted by Gasteiger charge is -2.26. The van der Waals surface area contributed by atoms with Crippen molar-refractivity contribution in [1.29, 1.82) is 0 Å². The molecule has 6 nitrogen and oxygen atoms in total. The average Bonchev–Trinajstić information content (AvgIpc) is 2.97. The number of likely N-dealkylation sites (N-methyl/N-ethyl adjacent to an activating group) is 1. The molecule has 1 heterocycles. The second kappa shape index (κ2) is 8.49. The molecule has 0 unspecified atom stereocenters. The molecular formula is C23H27N2O4+. The number of aliphatic hydroxyl groups is 1. The first-order chi connectivity index (χ1) is 13.8. The van der Waals surface area contributed by atoms with Crippen LogP contribution in [0.4, 0.5) is 0 Å². The minimum Gasteiger partial charge on any atom is -0.507 e. The number of methoxy groups -OCH3 is 1. The number of hydrogen-bond acceptors (Lipinski definition) is 4. The molecule has 29 heavy (non-hydrogen) atoms. The lowest BCUT2D eigenvalue weighted by atomic mass is 9.95. The summed E-state index contributed by atoms with van der Waals surface area (Å²) in [6, 6.07) is 13.8. The summed E-state index contributed by atoms with van der Waals surface area (Å²) in [4.78, 5) is 28.5. The molecule has 0 saturated carbocycles. The average molecular weight is 395 g/mol. The summed E-state index contributed by atoms with van der Waals surface area (Å²) in [5.41, 5.74) is 2.40. The Labute approximate surface area is 171 Å². The van der Waals surface area contributed by atoms with Gasteiger partial charge in [-0.05, 0) is 24.6 Å². The van der Waals surface area contributed by atoms with Crippen LogP contribution in [0.15, 0.2) is 54.1 Å². The minimum absolute atomic E-state index is 0.112. The van der Waals surface area contributed by atoms with Crippen molar-refractivity contribution in [3.8, 4) is 5.75 Å². The molecule has 1 aliphatic heterocycles. The van der Waals surface area contributed by atoms with Crippen molar-refractivity contribution in [2.75, 3.05) is 34.3 Å². The molecule has 1 amide bonds. The van der Waals surface area contributed by atoms with Crippen molar-refractivity contribution < 1.29 is 24.3 Å². The van der Waals surface area contributed by atoms with Gasteiger partial charge in [-0.15, -0.1) is 0 Å². The van der Waals surface area contributed by atoms with Gasteiger partial charge in [0, 0.05) is 5.56 Å². The number of rotatable bonds is 6. The molecule has 2 aromatic carbocycles. The number of ketones is 1. The normalized spacial score (nSPS) is 18.5. The van der Waals surface area contributed by atoms with Gasteiger partial charge in [0.15, 0.2) is 0 Å². The van der Waals surface area contributed by atoms with Crippen LogP contribution in [-0.2, 0) is 9.59 Å². The highest BCUT2D eigenvalue weighted by Gasteiger charge is 2.46. The molecular weight excluding hydrogens is 368 g/mol. The smallest absolute Gasteiger partial charge is 0.295 e. The third kappa shape index (κ3) is 4.17. The van der Waals surface area contributed by atoms with Gasteiger partial charge in [-0.3, -0.25) is 9.59 Å². The van der Waals surface area contributed by atoms with Crippen molar-refractivity contribution in [1.82, 2.24) is 4.90 Å². The van der Waals surface area contributed by atoms with Crippen LogP contribution in [0.5, 0.6) is 5.75 Å². The van der Waals surface area contributed by atoms with E-state index < -0.39 is 17.7 Å². The van der Waals surface area contributed by atoms with E-state index in [1.807, 2.05) is 45.3 Å². The Kier molecular flexibility index (Phi) is 6.03. The van der Waals surface area contributed by atoms with E-state index in [1.54, 1.807) is 36.3 Å². The van der Waals surface area contributed by atoms with Crippen LogP contribution in [0.1, 0.15) is 22.7 Å². The molecule has 0 aliphatic carbocycles. The molecule has 6 heteroatoms. The van der Waals surface area contributed by atoms with Crippen LogP contribution >= 0.6 is 0 Å². The molecule has 2 aromatic rings. The fraction of sp³-hybridized carbons (Fsp3) is 0.304. The number of ether oxygens (including phenoxy) is 1. The van der Waals surface area contributed by atoms with Crippen LogP contribution in [-0.4, -0.2) is 56.0 Å². The second-order valence-electron chi connectivity index (χ2n) is 7.59. The number of hydrogen-bond donors (Lipinski definition) is 2. The van der Waals surface area contributed by atoms with Crippen LogP contribution in [0.25, 0.3) is 5.76 Å². The van der Waals surface area contributed by atoms with Gasteiger partial charge in [-0.1, -0.05) is 42.0 Å². The fourth-order valence-corrected chi connectivity index (χ4v) is 3.48. The third-order valence-electron chi connectivity index (χ3n) is 5.13. The first-order valence-corrected chi connectivity index (χ1v) is 9.62. The number of nitrogens with zero attached hydrogens (tertiary/aromatic N) is 1. The van der Waals surface area contributed by atoms with E-state index in [1.165, 1.54) is 0 Å². The van der Waals surface area contributed by atoms with E-state index in [0.717, 1.165) is 16.0 Å². The lowest BCUT2D eigenvalue weighted by Crippen LogP contribution is -3.06. The molecule has 1 aliphatic rings. The predicted molar refractivity (Wildman–Crippen MR) is 111 cm³/mol. The highest BCUT2D eigenvalue weighted by atomic mass is 16.5. The lowest BCUT2D eigenvalue weighted by molar-refractivity contribution is -0.857. The molecule has 1 saturated heterocycles. The van der Waals surface area contributed by atoms with Crippen LogP contribution in [0.2, 0.25) is 0 Å². The molecule has 1 atom stereocenters. The zero-order chi connectivity index (χ0) is 21.1. The second-order valence-corrected chi connectivity index (χ2v) is 7.59. The summed E-state index contributed by atoms with van der Waals surface area (Å²) in [6.45, 7) is 3.03. The Bertz CT molecular complexity index is 948.